The summed E-state index contributed by atoms with van der Waals surface area (Å²) in [7, 11) is 0. The summed E-state index contributed by atoms with van der Waals surface area (Å²) in [4.78, 5) is 11.1. The molecule has 0 saturated carbocycles. The van der Waals surface area contributed by atoms with Crippen molar-refractivity contribution in [3.63, 3.8) is 0 Å². The zero-order valence-corrected chi connectivity index (χ0v) is 13.5. The van der Waals surface area contributed by atoms with E-state index in [4.69, 9.17) is 10.8 Å². The molecule has 0 heterocycles. The van der Waals surface area contributed by atoms with Gasteiger partial charge in [0.2, 0.25) is 0 Å². The SMILES string of the molecule is CCC(CC(CN)C(=O)O)c1cc(OC(F)(F)F)cc(OC(F)(F)F)c1. The number of rotatable bonds is 8. The molecule has 3 N–H and O–H groups in total. The lowest BCUT2D eigenvalue weighted by atomic mass is 9.86. The average molecular weight is 389 g/mol. The zero-order chi connectivity index (χ0) is 20.1. The van der Waals surface area contributed by atoms with Crippen LogP contribution in [0.5, 0.6) is 11.5 Å². The number of carbonyl (C=O) groups is 1. The summed E-state index contributed by atoms with van der Waals surface area (Å²) >= 11 is 0. The molecular formula is C15H17F6NO4. The third-order valence-corrected chi connectivity index (χ3v) is 3.54. The van der Waals surface area contributed by atoms with Crippen molar-refractivity contribution in [3.8, 4) is 11.5 Å². The number of carboxylic acid groups (broad SMARTS) is 1. The number of alkyl halides is 6. The minimum absolute atomic E-state index is 0.0215. The molecule has 0 amide bonds. The van der Waals surface area contributed by atoms with Crippen LogP contribution in [0.2, 0.25) is 0 Å². The molecule has 0 spiro atoms. The van der Waals surface area contributed by atoms with Crippen molar-refractivity contribution in [3.05, 3.63) is 23.8 Å². The number of nitrogens with two attached hydrogens (primary N) is 1. The molecule has 0 aliphatic heterocycles. The molecule has 0 aliphatic carbocycles. The molecule has 0 bridgehead atoms. The second-order valence-electron chi connectivity index (χ2n) is 5.45. The molecular weight excluding hydrogens is 372 g/mol. The highest BCUT2D eigenvalue weighted by Crippen LogP contribution is 2.36. The van der Waals surface area contributed by atoms with E-state index in [0.29, 0.717) is 6.07 Å². The van der Waals surface area contributed by atoms with Crippen LogP contribution in [0.1, 0.15) is 31.2 Å². The van der Waals surface area contributed by atoms with E-state index >= 15 is 0 Å². The highest BCUT2D eigenvalue weighted by Gasteiger charge is 2.34. The number of carboxylic acids is 1. The van der Waals surface area contributed by atoms with Gasteiger partial charge >= 0.3 is 18.7 Å². The van der Waals surface area contributed by atoms with Crippen LogP contribution < -0.4 is 15.2 Å². The lowest BCUT2D eigenvalue weighted by Crippen LogP contribution is -2.25. The maximum Gasteiger partial charge on any atom is 0.573 e. The fourth-order valence-corrected chi connectivity index (χ4v) is 2.39. The smallest absolute Gasteiger partial charge is 0.481 e. The molecule has 1 aromatic rings. The van der Waals surface area contributed by atoms with Crippen molar-refractivity contribution in [2.75, 3.05) is 6.54 Å². The van der Waals surface area contributed by atoms with E-state index in [9.17, 15) is 31.1 Å². The molecule has 26 heavy (non-hydrogen) atoms. The Morgan fingerprint density at radius 2 is 1.54 bits per heavy atom. The molecule has 0 radical (unpaired) electrons. The minimum atomic E-state index is -5.11. The van der Waals surface area contributed by atoms with Gasteiger partial charge in [0, 0.05) is 12.6 Å². The third kappa shape index (κ3) is 7.38. The average Bonchev–Trinajstić information content (AvgIpc) is 2.43. The monoisotopic (exact) mass is 389 g/mol. The normalized spacial score (nSPS) is 14.6. The summed E-state index contributed by atoms with van der Waals surface area (Å²) in [6.45, 7) is 1.39. The Morgan fingerprint density at radius 3 is 1.85 bits per heavy atom. The molecule has 2 atom stereocenters. The zero-order valence-electron chi connectivity index (χ0n) is 13.5. The van der Waals surface area contributed by atoms with Gasteiger partial charge in [0.25, 0.3) is 0 Å². The first kappa shape index (κ1) is 21.9. The summed E-state index contributed by atoms with van der Waals surface area (Å²) in [5, 5.41) is 9.05. The molecule has 148 valence electrons. The van der Waals surface area contributed by atoms with E-state index in [2.05, 4.69) is 9.47 Å². The highest BCUT2D eigenvalue weighted by atomic mass is 19.4. The van der Waals surface area contributed by atoms with Crippen LogP contribution in [0.4, 0.5) is 26.3 Å². The second kappa shape index (κ2) is 8.47. The Bertz CT molecular complexity index is 583. The Labute approximate surface area is 144 Å². The highest BCUT2D eigenvalue weighted by molar-refractivity contribution is 5.70. The van der Waals surface area contributed by atoms with Crippen LogP contribution in [-0.2, 0) is 4.79 Å². The Hall–Kier alpha value is -2.17. The summed E-state index contributed by atoms with van der Waals surface area (Å²) in [5.41, 5.74) is 5.37. The number of benzene rings is 1. The Kier molecular flexibility index (Phi) is 7.13. The van der Waals surface area contributed by atoms with Crippen LogP contribution in [0.25, 0.3) is 0 Å². The third-order valence-electron chi connectivity index (χ3n) is 3.54. The summed E-state index contributed by atoms with van der Waals surface area (Å²) in [6, 6.07) is 2.26. The van der Waals surface area contributed by atoms with Gasteiger partial charge in [0.05, 0.1) is 5.92 Å². The maximum atomic E-state index is 12.4. The van der Waals surface area contributed by atoms with Gasteiger partial charge in [-0.2, -0.15) is 0 Å². The van der Waals surface area contributed by atoms with Crippen LogP contribution in [0, 0.1) is 5.92 Å². The molecule has 5 nitrogen and oxygen atoms in total. The first-order valence-electron chi connectivity index (χ1n) is 7.44. The maximum absolute atomic E-state index is 12.4. The number of hydrogen-bond donors (Lipinski definition) is 2. The fourth-order valence-electron chi connectivity index (χ4n) is 2.39. The van der Waals surface area contributed by atoms with Crippen LogP contribution in [-0.4, -0.2) is 30.3 Å². The molecule has 0 aliphatic rings. The van der Waals surface area contributed by atoms with E-state index in [0.717, 1.165) is 12.1 Å². The van der Waals surface area contributed by atoms with Crippen molar-refractivity contribution >= 4 is 5.97 Å². The van der Waals surface area contributed by atoms with Crippen molar-refractivity contribution in [2.24, 2.45) is 11.7 Å². The van der Waals surface area contributed by atoms with Gasteiger partial charge in [-0.25, -0.2) is 0 Å². The Balaban J connectivity index is 3.25. The van der Waals surface area contributed by atoms with Crippen molar-refractivity contribution in [1.82, 2.24) is 0 Å². The first-order chi connectivity index (χ1) is 11.8. The van der Waals surface area contributed by atoms with Gasteiger partial charge in [-0.15, -0.1) is 26.3 Å². The molecule has 0 saturated heterocycles. The van der Waals surface area contributed by atoms with Gasteiger partial charge < -0.3 is 20.3 Å². The van der Waals surface area contributed by atoms with E-state index in [1.54, 1.807) is 6.92 Å². The lowest BCUT2D eigenvalue weighted by Gasteiger charge is -2.21. The molecule has 11 heteroatoms. The summed E-state index contributed by atoms with van der Waals surface area (Å²) < 4.78 is 81.9. The summed E-state index contributed by atoms with van der Waals surface area (Å²) in [6.07, 6.45) is -10.0. The van der Waals surface area contributed by atoms with E-state index in [1.807, 2.05) is 0 Å². The number of aliphatic carboxylic acids is 1. The lowest BCUT2D eigenvalue weighted by molar-refractivity contribution is -0.276. The van der Waals surface area contributed by atoms with Gasteiger partial charge in [-0.05, 0) is 36.5 Å². The predicted molar refractivity (Wildman–Crippen MR) is 77.6 cm³/mol. The molecule has 1 rings (SSSR count). The topological polar surface area (TPSA) is 81.8 Å². The standard InChI is InChI=1S/C15H17F6NO4/c1-2-8(3-10(7-22)13(23)24)9-4-11(25-14(16,17)18)6-12(5-9)26-15(19,20)21/h4-6,8,10H,2-3,7,22H2,1H3,(H,23,24). The van der Waals surface area contributed by atoms with Crippen molar-refractivity contribution in [2.45, 2.75) is 38.4 Å². The van der Waals surface area contributed by atoms with Crippen LogP contribution in [0.15, 0.2) is 18.2 Å². The van der Waals surface area contributed by atoms with Crippen molar-refractivity contribution < 1.29 is 45.7 Å². The van der Waals surface area contributed by atoms with E-state index in [-0.39, 0.29) is 24.9 Å². The largest absolute Gasteiger partial charge is 0.573 e. The van der Waals surface area contributed by atoms with Gasteiger partial charge in [-0.1, -0.05) is 6.92 Å². The second-order valence-corrected chi connectivity index (χ2v) is 5.45. The quantitative estimate of drug-likeness (QED) is 0.656. The van der Waals surface area contributed by atoms with Crippen molar-refractivity contribution in [1.29, 1.82) is 0 Å². The molecule has 2 unspecified atom stereocenters. The number of halogens is 6. The molecule has 1 aromatic carbocycles. The van der Waals surface area contributed by atoms with Gasteiger partial charge in [-0.3, -0.25) is 4.79 Å². The molecule has 0 fully saturated rings. The van der Waals surface area contributed by atoms with Crippen LogP contribution in [0.3, 0.4) is 0 Å². The number of hydrogen-bond acceptors (Lipinski definition) is 4. The Morgan fingerprint density at radius 1 is 1.08 bits per heavy atom. The first-order valence-corrected chi connectivity index (χ1v) is 7.44. The predicted octanol–water partition coefficient (Wildman–Crippen LogP) is 4.03. The van der Waals surface area contributed by atoms with Crippen LogP contribution >= 0.6 is 0 Å². The minimum Gasteiger partial charge on any atom is -0.481 e. The molecule has 0 aromatic heterocycles. The van der Waals surface area contributed by atoms with E-state index < -0.39 is 42.0 Å². The van der Waals surface area contributed by atoms with E-state index in [1.165, 1.54) is 0 Å². The summed E-state index contributed by atoms with van der Waals surface area (Å²) in [5.74, 6) is -4.66. The number of ether oxygens (including phenoxy) is 2. The van der Waals surface area contributed by atoms with Gasteiger partial charge in [0.15, 0.2) is 0 Å². The van der Waals surface area contributed by atoms with Gasteiger partial charge in [0.1, 0.15) is 11.5 Å². The fraction of sp³-hybridized carbons (Fsp3) is 0.533.